The largest absolute Gasteiger partial charge is 0.617 e. The van der Waals surface area contributed by atoms with E-state index in [1.54, 1.807) is 18.4 Å². The molecule has 1 aromatic carbocycles. The van der Waals surface area contributed by atoms with E-state index >= 15 is 0 Å². The number of halogens is 1. The van der Waals surface area contributed by atoms with E-state index in [1.807, 2.05) is 13.0 Å². The lowest BCUT2D eigenvalue weighted by molar-refractivity contribution is 0.376. The molecule has 2 atom stereocenters. The van der Waals surface area contributed by atoms with E-state index in [-0.39, 0.29) is 6.04 Å². The lowest BCUT2D eigenvalue weighted by atomic mass is 10.1. The van der Waals surface area contributed by atoms with Gasteiger partial charge in [0, 0.05) is 10.5 Å². The second-order valence-electron chi connectivity index (χ2n) is 4.25. The van der Waals surface area contributed by atoms with Crippen molar-refractivity contribution in [1.82, 2.24) is 4.31 Å². The van der Waals surface area contributed by atoms with E-state index in [9.17, 15) is 13.0 Å². The quantitative estimate of drug-likeness (QED) is 0.781. The molecular formula is C11H14BrNO3S2. The molecule has 2 unspecified atom stereocenters. The van der Waals surface area contributed by atoms with E-state index in [2.05, 4.69) is 15.9 Å². The summed E-state index contributed by atoms with van der Waals surface area (Å²) in [5, 5.41) is 0. The van der Waals surface area contributed by atoms with E-state index in [0.29, 0.717) is 17.2 Å². The predicted octanol–water partition coefficient (Wildman–Crippen LogP) is 1.89. The second-order valence-corrected chi connectivity index (χ2v) is 8.58. The highest BCUT2D eigenvalue weighted by Gasteiger charge is 2.40. The van der Waals surface area contributed by atoms with E-state index < -0.39 is 21.2 Å². The van der Waals surface area contributed by atoms with Crippen LogP contribution >= 0.6 is 15.9 Å². The first-order valence-electron chi connectivity index (χ1n) is 5.45. The molecule has 7 heteroatoms. The summed E-state index contributed by atoms with van der Waals surface area (Å²) in [6.45, 7) is 2.15. The molecule has 2 rings (SSSR count). The van der Waals surface area contributed by atoms with Gasteiger partial charge in [-0.15, -0.1) is 0 Å². The molecule has 0 aliphatic carbocycles. The fourth-order valence-electron chi connectivity index (χ4n) is 2.10. The third-order valence-electron chi connectivity index (χ3n) is 3.04. The van der Waals surface area contributed by atoms with Crippen molar-refractivity contribution >= 4 is 37.1 Å². The standard InChI is InChI=1S/C11H14BrNO3S2/c1-8-10-7-9(12)3-4-11(10)18(15,16)13(8)5-6-17(2)14/h3-4,7-8H,5-6H2,1-2H3. The maximum atomic E-state index is 12.3. The highest BCUT2D eigenvalue weighted by atomic mass is 79.9. The van der Waals surface area contributed by atoms with Crippen LogP contribution in [0, 0.1) is 0 Å². The van der Waals surface area contributed by atoms with Crippen molar-refractivity contribution in [3.05, 3.63) is 28.2 Å². The molecular weight excluding hydrogens is 338 g/mol. The summed E-state index contributed by atoms with van der Waals surface area (Å²) in [6, 6.07) is 4.98. The highest BCUT2D eigenvalue weighted by molar-refractivity contribution is 9.10. The van der Waals surface area contributed by atoms with Crippen molar-refractivity contribution in [3.8, 4) is 0 Å². The summed E-state index contributed by atoms with van der Waals surface area (Å²) >= 11 is 2.36. The van der Waals surface area contributed by atoms with Gasteiger partial charge >= 0.3 is 0 Å². The van der Waals surface area contributed by atoms with Gasteiger partial charge in [0.2, 0.25) is 10.0 Å². The number of fused-ring (bicyclic) bond motifs is 1. The number of nitrogens with zero attached hydrogens (tertiary/aromatic N) is 1. The molecule has 1 aromatic rings. The Balaban J connectivity index is 2.38. The van der Waals surface area contributed by atoms with Crippen LogP contribution in [-0.2, 0) is 21.2 Å². The van der Waals surface area contributed by atoms with E-state index in [0.717, 1.165) is 10.0 Å². The fraction of sp³-hybridized carbons (Fsp3) is 0.455. The van der Waals surface area contributed by atoms with Gasteiger partial charge in [0.1, 0.15) is 5.75 Å². The van der Waals surface area contributed by atoms with Gasteiger partial charge in [-0.1, -0.05) is 27.1 Å². The van der Waals surface area contributed by atoms with E-state index in [4.69, 9.17) is 0 Å². The molecule has 0 aromatic heterocycles. The van der Waals surface area contributed by atoms with Crippen molar-refractivity contribution in [1.29, 1.82) is 0 Å². The Hall–Kier alpha value is -0.0800. The number of benzene rings is 1. The fourth-order valence-corrected chi connectivity index (χ4v) is 4.93. The Morgan fingerprint density at radius 2 is 2.17 bits per heavy atom. The Kier molecular flexibility index (Phi) is 4.08. The number of sulfonamides is 1. The van der Waals surface area contributed by atoms with Crippen molar-refractivity contribution in [2.45, 2.75) is 17.9 Å². The van der Waals surface area contributed by atoms with Crippen LogP contribution in [0.25, 0.3) is 0 Å². The van der Waals surface area contributed by atoms with Crippen LogP contribution in [0.15, 0.2) is 27.6 Å². The molecule has 1 heterocycles. The average Bonchev–Trinajstić information content (AvgIpc) is 2.44. The summed E-state index contributed by atoms with van der Waals surface area (Å²) in [4.78, 5) is 0.361. The number of rotatable bonds is 3. The third-order valence-corrected chi connectivity index (χ3v) is 6.33. The van der Waals surface area contributed by atoms with Gasteiger partial charge in [-0.2, -0.15) is 4.31 Å². The molecule has 100 valence electrons. The van der Waals surface area contributed by atoms with Crippen LogP contribution in [0.1, 0.15) is 18.5 Å². The molecule has 0 saturated carbocycles. The number of hydrogen-bond acceptors (Lipinski definition) is 3. The maximum Gasteiger partial charge on any atom is 0.244 e. The minimum atomic E-state index is -3.43. The van der Waals surface area contributed by atoms with Crippen molar-refractivity contribution in [2.24, 2.45) is 0 Å². The van der Waals surface area contributed by atoms with Crippen molar-refractivity contribution in [3.63, 3.8) is 0 Å². The average molecular weight is 352 g/mol. The van der Waals surface area contributed by atoms with Crippen LogP contribution in [0.5, 0.6) is 0 Å². The maximum absolute atomic E-state index is 12.3. The summed E-state index contributed by atoms with van der Waals surface area (Å²) in [5.41, 5.74) is 0.797. The van der Waals surface area contributed by atoms with Gasteiger partial charge < -0.3 is 4.55 Å². The van der Waals surface area contributed by atoms with Crippen molar-refractivity contribution < 1.29 is 13.0 Å². The summed E-state index contributed by atoms with van der Waals surface area (Å²) < 4.78 is 38.1. The molecule has 0 spiro atoms. The smallest absolute Gasteiger partial charge is 0.244 e. The lowest BCUT2D eigenvalue weighted by Gasteiger charge is -2.19. The van der Waals surface area contributed by atoms with Gasteiger partial charge in [0.05, 0.1) is 17.7 Å². The molecule has 4 nitrogen and oxygen atoms in total. The van der Waals surface area contributed by atoms with E-state index in [1.165, 1.54) is 4.31 Å². The summed E-state index contributed by atoms with van der Waals surface area (Å²) in [6.07, 6.45) is 1.58. The van der Waals surface area contributed by atoms with Gasteiger partial charge in [-0.3, -0.25) is 0 Å². The SMILES string of the molecule is CC1c2cc(Br)ccc2S(=O)(=O)N1CC[S+](C)[O-]. The molecule has 0 N–H and O–H groups in total. The van der Waals surface area contributed by atoms with Crippen LogP contribution < -0.4 is 0 Å². The summed E-state index contributed by atoms with van der Waals surface area (Å²) in [7, 11) is -3.43. The predicted molar refractivity (Wildman–Crippen MR) is 75.4 cm³/mol. The first-order valence-corrected chi connectivity index (χ1v) is 9.41. The first-order chi connectivity index (χ1) is 8.34. The first kappa shape index (κ1) is 14.3. The van der Waals surface area contributed by atoms with Gasteiger partial charge in [-0.05, 0) is 30.7 Å². The molecule has 1 aliphatic rings. The normalized spacial score (nSPS) is 23.9. The summed E-state index contributed by atoms with van der Waals surface area (Å²) in [5.74, 6) is 0.360. The molecule has 0 bridgehead atoms. The second kappa shape index (κ2) is 5.13. The topological polar surface area (TPSA) is 60.4 Å². The molecule has 1 aliphatic heterocycles. The Morgan fingerprint density at radius 1 is 1.50 bits per heavy atom. The van der Waals surface area contributed by atoms with Crippen LogP contribution in [0.3, 0.4) is 0 Å². The zero-order valence-corrected chi connectivity index (χ0v) is 13.3. The lowest BCUT2D eigenvalue weighted by Crippen LogP contribution is -2.31. The minimum Gasteiger partial charge on any atom is -0.617 e. The molecule has 0 amide bonds. The number of hydrogen-bond donors (Lipinski definition) is 0. The third kappa shape index (κ3) is 2.46. The van der Waals surface area contributed by atoms with Crippen molar-refractivity contribution in [2.75, 3.05) is 18.6 Å². The Morgan fingerprint density at radius 3 is 2.78 bits per heavy atom. The van der Waals surface area contributed by atoms with Gasteiger partial charge in [-0.25, -0.2) is 8.42 Å². The molecule has 18 heavy (non-hydrogen) atoms. The van der Waals surface area contributed by atoms with Crippen LogP contribution in [-0.4, -0.2) is 35.8 Å². The zero-order chi connectivity index (χ0) is 13.5. The highest BCUT2D eigenvalue weighted by Crippen LogP contribution is 2.40. The van der Waals surface area contributed by atoms with Gasteiger partial charge in [0.15, 0.2) is 0 Å². The molecule has 0 radical (unpaired) electrons. The van der Waals surface area contributed by atoms with Gasteiger partial charge in [0.25, 0.3) is 0 Å². The van der Waals surface area contributed by atoms with Crippen LogP contribution in [0.2, 0.25) is 0 Å². The molecule has 0 saturated heterocycles. The van der Waals surface area contributed by atoms with Crippen LogP contribution in [0.4, 0.5) is 0 Å². The molecule has 0 fully saturated rings. The minimum absolute atomic E-state index is 0.203. The monoisotopic (exact) mass is 351 g/mol. The Bertz CT molecular complexity index is 559. The zero-order valence-electron chi connectivity index (χ0n) is 10.1. The Labute approximate surface area is 119 Å².